The third kappa shape index (κ3) is 2.80. The zero-order valence-corrected chi connectivity index (χ0v) is 12.3. The number of ether oxygens (including phenoxy) is 1. The zero-order valence-electron chi connectivity index (χ0n) is 12.3. The largest absolute Gasteiger partial charge is 0.489 e. The van der Waals surface area contributed by atoms with Crippen molar-refractivity contribution in [1.29, 1.82) is 5.26 Å². The molecule has 1 fully saturated rings. The molecule has 0 saturated heterocycles. The van der Waals surface area contributed by atoms with Gasteiger partial charge in [-0.15, -0.1) is 0 Å². The smallest absolute Gasteiger partial charge is 0.165 e. The molecule has 0 spiro atoms. The van der Waals surface area contributed by atoms with Gasteiger partial charge in [0, 0.05) is 0 Å². The van der Waals surface area contributed by atoms with Gasteiger partial charge in [-0.3, -0.25) is 0 Å². The van der Waals surface area contributed by atoms with Crippen LogP contribution in [-0.2, 0) is 5.41 Å². The Balaban J connectivity index is 2.16. The second-order valence-corrected chi connectivity index (χ2v) is 5.72. The number of hydrogen-bond donors (Lipinski definition) is 0. The molecule has 0 aromatic heterocycles. The van der Waals surface area contributed by atoms with Gasteiger partial charge in [0.05, 0.1) is 12.5 Å². The Kier molecular flexibility index (Phi) is 4.65. The Morgan fingerprint density at radius 3 is 2.75 bits per heavy atom. The summed E-state index contributed by atoms with van der Waals surface area (Å²) in [7, 11) is 0. The van der Waals surface area contributed by atoms with Crippen molar-refractivity contribution in [2.45, 2.75) is 51.4 Å². The molecule has 0 atom stereocenters. The quantitative estimate of drug-likeness (QED) is 0.712. The molecule has 0 bridgehead atoms. The lowest BCUT2D eigenvalue weighted by atomic mass is 9.57. The molecule has 1 aromatic rings. The highest BCUT2D eigenvalue weighted by Gasteiger charge is 2.43. The van der Waals surface area contributed by atoms with Crippen LogP contribution < -0.4 is 4.74 Å². The molecule has 1 aromatic carbocycles. The molecule has 0 unspecified atom stereocenters. The SMILES string of the molecule is CCC1CC(CC)(c2ccc(F)c(OCCC#N)c2)C1. The minimum absolute atomic E-state index is 0.196. The molecule has 1 aliphatic rings. The Morgan fingerprint density at radius 2 is 2.15 bits per heavy atom. The van der Waals surface area contributed by atoms with E-state index in [0.717, 1.165) is 12.3 Å². The molecule has 108 valence electrons. The topological polar surface area (TPSA) is 33.0 Å². The minimum atomic E-state index is -0.343. The van der Waals surface area contributed by atoms with E-state index in [-0.39, 0.29) is 30.0 Å². The second-order valence-electron chi connectivity index (χ2n) is 5.72. The molecule has 2 nitrogen and oxygen atoms in total. The van der Waals surface area contributed by atoms with Crippen molar-refractivity contribution in [3.8, 4) is 11.8 Å². The lowest BCUT2D eigenvalue weighted by Gasteiger charge is -2.48. The lowest BCUT2D eigenvalue weighted by Crippen LogP contribution is -2.40. The van der Waals surface area contributed by atoms with Crippen LogP contribution in [0.2, 0.25) is 0 Å². The van der Waals surface area contributed by atoms with E-state index in [1.54, 1.807) is 0 Å². The van der Waals surface area contributed by atoms with E-state index in [1.165, 1.54) is 30.9 Å². The second kappa shape index (κ2) is 6.26. The summed E-state index contributed by atoms with van der Waals surface area (Å²) in [5, 5.41) is 8.52. The van der Waals surface area contributed by atoms with E-state index in [4.69, 9.17) is 10.00 Å². The summed E-state index contributed by atoms with van der Waals surface area (Å²) in [6.45, 7) is 4.67. The van der Waals surface area contributed by atoms with E-state index in [9.17, 15) is 4.39 Å². The molecule has 3 heteroatoms. The highest BCUT2D eigenvalue weighted by atomic mass is 19.1. The van der Waals surface area contributed by atoms with Crippen molar-refractivity contribution >= 4 is 0 Å². The highest BCUT2D eigenvalue weighted by Crippen LogP contribution is 2.51. The van der Waals surface area contributed by atoms with Crippen LogP contribution in [0.1, 0.15) is 51.5 Å². The molecular formula is C17H22FNO. The Hall–Kier alpha value is -1.56. The van der Waals surface area contributed by atoms with Gasteiger partial charge in [0.2, 0.25) is 0 Å². The lowest BCUT2D eigenvalue weighted by molar-refractivity contribution is 0.131. The van der Waals surface area contributed by atoms with Gasteiger partial charge in [-0.25, -0.2) is 4.39 Å². The first-order chi connectivity index (χ1) is 9.65. The zero-order chi connectivity index (χ0) is 14.6. The number of hydrogen-bond acceptors (Lipinski definition) is 2. The Morgan fingerprint density at radius 1 is 1.40 bits per heavy atom. The number of nitriles is 1. The number of rotatable bonds is 6. The van der Waals surface area contributed by atoms with E-state index in [2.05, 4.69) is 13.8 Å². The molecule has 20 heavy (non-hydrogen) atoms. The van der Waals surface area contributed by atoms with Gasteiger partial charge in [0.1, 0.15) is 6.61 Å². The van der Waals surface area contributed by atoms with Crippen LogP contribution in [0.15, 0.2) is 18.2 Å². The van der Waals surface area contributed by atoms with Gasteiger partial charge < -0.3 is 4.74 Å². The maximum absolute atomic E-state index is 13.7. The van der Waals surface area contributed by atoms with Crippen LogP contribution in [0, 0.1) is 23.1 Å². The normalized spacial score (nSPS) is 24.8. The van der Waals surface area contributed by atoms with Crippen LogP contribution in [0.3, 0.4) is 0 Å². The van der Waals surface area contributed by atoms with Crippen molar-refractivity contribution in [3.63, 3.8) is 0 Å². The molecule has 0 heterocycles. The molecule has 0 radical (unpaired) electrons. The molecule has 1 aliphatic carbocycles. The predicted octanol–water partition coefficient (Wildman–Crippen LogP) is 4.59. The average Bonchev–Trinajstić information content (AvgIpc) is 2.42. The highest BCUT2D eigenvalue weighted by molar-refractivity contribution is 5.37. The van der Waals surface area contributed by atoms with Gasteiger partial charge >= 0.3 is 0 Å². The molecule has 0 amide bonds. The number of halogens is 1. The van der Waals surface area contributed by atoms with Crippen LogP contribution in [-0.4, -0.2) is 6.61 Å². The number of benzene rings is 1. The van der Waals surface area contributed by atoms with Gasteiger partial charge in [-0.05, 0) is 48.3 Å². The predicted molar refractivity (Wildman–Crippen MR) is 77.1 cm³/mol. The first kappa shape index (κ1) is 14.8. The first-order valence-electron chi connectivity index (χ1n) is 7.45. The fourth-order valence-electron chi connectivity index (χ4n) is 3.21. The summed E-state index contributed by atoms with van der Waals surface area (Å²) in [4.78, 5) is 0. The van der Waals surface area contributed by atoms with Crippen molar-refractivity contribution < 1.29 is 9.13 Å². The van der Waals surface area contributed by atoms with Crippen LogP contribution in [0.5, 0.6) is 5.75 Å². The molecular weight excluding hydrogens is 253 g/mol. The Labute approximate surface area is 120 Å². The van der Waals surface area contributed by atoms with E-state index >= 15 is 0 Å². The Bertz CT molecular complexity index is 500. The number of nitrogens with zero attached hydrogens (tertiary/aromatic N) is 1. The summed E-state index contributed by atoms with van der Waals surface area (Å²) < 4.78 is 19.1. The van der Waals surface area contributed by atoms with Crippen LogP contribution >= 0.6 is 0 Å². The van der Waals surface area contributed by atoms with Crippen molar-refractivity contribution in [2.75, 3.05) is 6.61 Å². The summed E-state index contributed by atoms with van der Waals surface area (Å²) in [5.74, 6) is 0.734. The molecule has 0 N–H and O–H groups in total. The van der Waals surface area contributed by atoms with Gasteiger partial charge in [0.15, 0.2) is 11.6 Å². The van der Waals surface area contributed by atoms with Crippen LogP contribution in [0.4, 0.5) is 4.39 Å². The molecule has 0 aliphatic heterocycles. The molecule has 2 rings (SSSR count). The van der Waals surface area contributed by atoms with Crippen LogP contribution in [0.25, 0.3) is 0 Å². The standard InChI is InChI=1S/C17H22FNO/c1-3-13-11-17(4-2,12-13)14-6-7-15(18)16(10-14)20-9-5-8-19/h6-7,10,13H,3-5,9,11-12H2,1-2H3. The van der Waals surface area contributed by atoms with Gasteiger partial charge in [-0.2, -0.15) is 5.26 Å². The summed E-state index contributed by atoms with van der Waals surface area (Å²) in [5.41, 5.74) is 1.37. The fourth-order valence-corrected chi connectivity index (χ4v) is 3.21. The summed E-state index contributed by atoms with van der Waals surface area (Å²) >= 11 is 0. The third-order valence-electron chi connectivity index (χ3n) is 4.63. The maximum atomic E-state index is 13.7. The summed E-state index contributed by atoms with van der Waals surface area (Å²) in [6.07, 6.45) is 4.94. The van der Waals surface area contributed by atoms with Crippen molar-refractivity contribution in [3.05, 3.63) is 29.6 Å². The monoisotopic (exact) mass is 275 g/mol. The van der Waals surface area contributed by atoms with E-state index in [1.807, 2.05) is 18.2 Å². The first-order valence-corrected chi connectivity index (χ1v) is 7.45. The van der Waals surface area contributed by atoms with Gasteiger partial charge in [0.25, 0.3) is 0 Å². The van der Waals surface area contributed by atoms with Crippen molar-refractivity contribution in [2.24, 2.45) is 5.92 Å². The third-order valence-corrected chi connectivity index (χ3v) is 4.63. The average molecular weight is 275 g/mol. The van der Waals surface area contributed by atoms with Gasteiger partial charge in [-0.1, -0.05) is 26.3 Å². The van der Waals surface area contributed by atoms with E-state index < -0.39 is 0 Å². The summed E-state index contributed by atoms with van der Waals surface area (Å²) in [6, 6.07) is 7.22. The molecule has 1 saturated carbocycles. The van der Waals surface area contributed by atoms with E-state index in [0.29, 0.717) is 0 Å². The fraction of sp³-hybridized carbons (Fsp3) is 0.588. The maximum Gasteiger partial charge on any atom is 0.165 e. The minimum Gasteiger partial charge on any atom is -0.489 e. The van der Waals surface area contributed by atoms with Crippen molar-refractivity contribution in [1.82, 2.24) is 0 Å².